The standard InChI is InChI=1S/C13H14F2N2O3S/c1-3-5-17(6-4-2)13(18)9-7-10(14)11(15)8-12(9)21(16,19)20/h3-4,7-8H,1-2,5-6H2,(H2,16,19,20). The Morgan fingerprint density at radius 3 is 2.10 bits per heavy atom. The topological polar surface area (TPSA) is 80.5 Å². The van der Waals surface area contributed by atoms with Gasteiger partial charge in [0.25, 0.3) is 5.91 Å². The summed E-state index contributed by atoms with van der Waals surface area (Å²) in [6.45, 7) is 7.07. The molecule has 0 spiro atoms. The van der Waals surface area contributed by atoms with Gasteiger partial charge in [0, 0.05) is 13.1 Å². The summed E-state index contributed by atoms with van der Waals surface area (Å²) in [5, 5.41) is 4.93. The van der Waals surface area contributed by atoms with Crippen LogP contribution in [0.15, 0.2) is 42.3 Å². The minimum Gasteiger partial charge on any atom is -0.331 e. The molecule has 21 heavy (non-hydrogen) atoms. The van der Waals surface area contributed by atoms with Crippen LogP contribution in [0, 0.1) is 11.6 Å². The van der Waals surface area contributed by atoms with E-state index in [4.69, 9.17) is 5.14 Å². The van der Waals surface area contributed by atoms with Crippen LogP contribution < -0.4 is 5.14 Å². The molecule has 0 fully saturated rings. The van der Waals surface area contributed by atoms with Gasteiger partial charge in [-0.05, 0) is 12.1 Å². The molecule has 0 saturated heterocycles. The highest BCUT2D eigenvalue weighted by Gasteiger charge is 2.25. The zero-order valence-corrected chi connectivity index (χ0v) is 11.9. The molecule has 0 atom stereocenters. The number of hydrogen-bond donors (Lipinski definition) is 1. The third kappa shape index (κ3) is 3.96. The second-order valence-electron chi connectivity index (χ2n) is 4.09. The maximum absolute atomic E-state index is 13.3. The predicted molar refractivity (Wildman–Crippen MR) is 74.0 cm³/mol. The molecule has 8 heteroatoms. The number of sulfonamides is 1. The number of rotatable bonds is 6. The van der Waals surface area contributed by atoms with Gasteiger partial charge >= 0.3 is 0 Å². The highest BCUT2D eigenvalue weighted by molar-refractivity contribution is 7.89. The van der Waals surface area contributed by atoms with Crippen molar-refractivity contribution in [2.75, 3.05) is 13.1 Å². The molecule has 1 rings (SSSR count). The zero-order chi connectivity index (χ0) is 16.2. The van der Waals surface area contributed by atoms with E-state index in [1.165, 1.54) is 12.2 Å². The van der Waals surface area contributed by atoms with Crippen LogP contribution in [0.3, 0.4) is 0 Å². The molecule has 1 amide bonds. The van der Waals surface area contributed by atoms with Gasteiger partial charge in [0.05, 0.1) is 10.5 Å². The quantitative estimate of drug-likeness (QED) is 0.806. The Hall–Kier alpha value is -2.06. The number of benzene rings is 1. The van der Waals surface area contributed by atoms with Gasteiger partial charge in [-0.1, -0.05) is 12.2 Å². The predicted octanol–water partition coefficient (Wildman–Crippen LogP) is 1.43. The molecular formula is C13H14F2N2O3S. The van der Waals surface area contributed by atoms with Gasteiger partial charge in [-0.25, -0.2) is 22.3 Å². The van der Waals surface area contributed by atoms with Gasteiger partial charge in [0.2, 0.25) is 10.0 Å². The fraction of sp³-hybridized carbons (Fsp3) is 0.154. The van der Waals surface area contributed by atoms with Gasteiger partial charge in [-0.15, -0.1) is 13.2 Å². The minimum atomic E-state index is -4.39. The lowest BCUT2D eigenvalue weighted by molar-refractivity contribution is 0.0786. The molecule has 0 aliphatic carbocycles. The van der Waals surface area contributed by atoms with Crippen molar-refractivity contribution in [3.05, 3.63) is 54.6 Å². The van der Waals surface area contributed by atoms with Crippen molar-refractivity contribution in [1.82, 2.24) is 4.90 Å². The Bertz CT molecular complexity index is 677. The number of amides is 1. The normalized spacial score (nSPS) is 11.0. The van der Waals surface area contributed by atoms with Gasteiger partial charge in [-0.3, -0.25) is 4.79 Å². The summed E-state index contributed by atoms with van der Waals surface area (Å²) in [6.07, 6.45) is 2.80. The van der Waals surface area contributed by atoms with Crippen molar-refractivity contribution in [2.24, 2.45) is 5.14 Å². The van der Waals surface area contributed by atoms with Crippen LogP contribution in [-0.2, 0) is 10.0 Å². The molecule has 1 aromatic rings. The third-order valence-corrected chi connectivity index (χ3v) is 3.50. The fourth-order valence-corrected chi connectivity index (χ4v) is 2.37. The van der Waals surface area contributed by atoms with Crippen molar-refractivity contribution < 1.29 is 22.0 Å². The molecule has 114 valence electrons. The van der Waals surface area contributed by atoms with E-state index in [0.29, 0.717) is 12.1 Å². The van der Waals surface area contributed by atoms with Crippen LogP contribution in [0.1, 0.15) is 10.4 Å². The summed E-state index contributed by atoms with van der Waals surface area (Å²) in [5.41, 5.74) is -0.542. The van der Waals surface area contributed by atoms with Crippen LogP contribution >= 0.6 is 0 Å². The number of carbonyl (C=O) groups is 1. The first-order valence-electron chi connectivity index (χ1n) is 5.75. The summed E-state index contributed by atoms with van der Waals surface area (Å²) in [5.74, 6) is -3.57. The molecule has 0 aliphatic rings. The van der Waals surface area contributed by atoms with Crippen molar-refractivity contribution in [1.29, 1.82) is 0 Å². The largest absolute Gasteiger partial charge is 0.331 e. The molecule has 1 aromatic carbocycles. The summed E-state index contributed by atoms with van der Waals surface area (Å²) in [7, 11) is -4.39. The first kappa shape index (κ1) is 17.0. The Morgan fingerprint density at radius 1 is 1.19 bits per heavy atom. The van der Waals surface area contributed by atoms with E-state index in [2.05, 4.69) is 13.2 Å². The van der Waals surface area contributed by atoms with Crippen molar-refractivity contribution >= 4 is 15.9 Å². The van der Waals surface area contributed by atoms with Crippen LogP contribution in [0.5, 0.6) is 0 Å². The molecular weight excluding hydrogens is 302 g/mol. The summed E-state index contributed by atoms with van der Waals surface area (Å²) >= 11 is 0. The van der Waals surface area contributed by atoms with E-state index in [9.17, 15) is 22.0 Å². The Kier molecular flexibility index (Phi) is 5.34. The maximum Gasteiger partial charge on any atom is 0.255 e. The molecule has 0 bridgehead atoms. The average molecular weight is 316 g/mol. The monoisotopic (exact) mass is 316 g/mol. The number of nitrogens with zero attached hydrogens (tertiary/aromatic N) is 1. The van der Waals surface area contributed by atoms with Gasteiger partial charge in [0.15, 0.2) is 11.6 Å². The van der Waals surface area contributed by atoms with Gasteiger partial charge < -0.3 is 4.90 Å². The number of halogens is 2. The molecule has 0 saturated carbocycles. The summed E-state index contributed by atoms with van der Waals surface area (Å²) in [4.78, 5) is 12.7. The van der Waals surface area contributed by atoms with E-state index < -0.39 is 38.0 Å². The highest BCUT2D eigenvalue weighted by atomic mass is 32.2. The lowest BCUT2D eigenvalue weighted by atomic mass is 10.1. The molecule has 0 aliphatic heterocycles. The van der Waals surface area contributed by atoms with Crippen molar-refractivity contribution in [3.8, 4) is 0 Å². The first-order chi connectivity index (χ1) is 9.72. The fourth-order valence-electron chi connectivity index (χ4n) is 1.65. The summed E-state index contributed by atoms with van der Waals surface area (Å²) in [6, 6.07) is 0.897. The van der Waals surface area contributed by atoms with Crippen LogP contribution in [0.2, 0.25) is 0 Å². The Labute approximate surface area is 121 Å². The molecule has 0 radical (unpaired) electrons. The third-order valence-electron chi connectivity index (χ3n) is 2.55. The van der Waals surface area contributed by atoms with E-state index in [-0.39, 0.29) is 13.1 Å². The van der Waals surface area contributed by atoms with E-state index in [1.54, 1.807) is 0 Å². The smallest absolute Gasteiger partial charge is 0.255 e. The number of carbonyl (C=O) groups excluding carboxylic acids is 1. The average Bonchev–Trinajstić information content (AvgIpc) is 2.39. The lowest BCUT2D eigenvalue weighted by Crippen LogP contribution is -2.33. The zero-order valence-electron chi connectivity index (χ0n) is 11.1. The number of hydrogen-bond acceptors (Lipinski definition) is 3. The second-order valence-corrected chi connectivity index (χ2v) is 5.62. The van der Waals surface area contributed by atoms with Crippen molar-refractivity contribution in [2.45, 2.75) is 4.90 Å². The van der Waals surface area contributed by atoms with Crippen LogP contribution in [0.4, 0.5) is 8.78 Å². The van der Waals surface area contributed by atoms with Gasteiger partial charge in [0.1, 0.15) is 0 Å². The molecule has 0 unspecified atom stereocenters. The van der Waals surface area contributed by atoms with E-state index in [1.807, 2.05) is 0 Å². The Morgan fingerprint density at radius 2 is 1.67 bits per heavy atom. The molecule has 0 aromatic heterocycles. The number of nitrogens with two attached hydrogens (primary N) is 1. The van der Waals surface area contributed by atoms with Crippen LogP contribution in [-0.4, -0.2) is 32.3 Å². The summed E-state index contributed by atoms with van der Waals surface area (Å²) < 4.78 is 49.4. The maximum atomic E-state index is 13.3. The first-order valence-corrected chi connectivity index (χ1v) is 7.30. The van der Waals surface area contributed by atoms with E-state index >= 15 is 0 Å². The van der Waals surface area contributed by atoms with Gasteiger partial charge in [-0.2, -0.15) is 0 Å². The molecule has 2 N–H and O–H groups in total. The Balaban J connectivity index is 3.46. The SMILES string of the molecule is C=CCN(CC=C)C(=O)c1cc(F)c(F)cc1S(N)(=O)=O. The van der Waals surface area contributed by atoms with Crippen molar-refractivity contribution in [3.63, 3.8) is 0 Å². The molecule has 0 heterocycles. The van der Waals surface area contributed by atoms with E-state index in [0.717, 1.165) is 4.90 Å². The van der Waals surface area contributed by atoms with Crippen LogP contribution in [0.25, 0.3) is 0 Å². The second kappa shape index (κ2) is 6.59. The highest BCUT2D eigenvalue weighted by Crippen LogP contribution is 2.20. The number of primary sulfonamides is 1. The minimum absolute atomic E-state index is 0.0773. The lowest BCUT2D eigenvalue weighted by Gasteiger charge is -2.20. The molecule has 5 nitrogen and oxygen atoms in total.